The summed E-state index contributed by atoms with van der Waals surface area (Å²) in [5.74, 6) is 0. The molecule has 0 aliphatic carbocycles. The van der Waals surface area contributed by atoms with Crippen LogP contribution in [0, 0.1) is 0 Å². The van der Waals surface area contributed by atoms with Crippen LogP contribution in [-0.4, -0.2) is 19.9 Å². The zero-order valence-corrected chi connectivity index (χ0v) is 11.0. The largest absolute Gasteiger partial charge is 0.416 e. The predicted octanol–water partition coefficient (Wildman–Crippen LogP) is 3.11. The first-order valence-corrected chi connectivity index (χ1v) is 6.85. The highest BCUT2D eigenvalue weighted by atomic mass is 32.2. The van der Waals surface area contributed by atoms with Crippen LogP contribution in [0.25, 0.3) is 0 Å². The van der Waals surface area contributed by atoms with Crippen molar-refractivity contribution in [2.75, 3.05) is 0 Å². The van der Waals surface area contributed by atoms with Crippen LogP contribution in [0.15, 0.2) is 41.8 Å². The molecule has 0 amide bonds. The second-order valence-electron chi connectivity index (χ2n) is 4.61. The molecule has 1 aromatic heterocycles. The van der Waals surface area contributed by atoms with Gasteiger partial charge in [0.05, 0.1) is 23.2 Å². The summed E-state index contributed by atoms with van der Waals surface area (Å²) in [4.78, 5) is 4.41. The molecule has 0 saturated carbocycles. The Morgan fingerprint density at radius 3 is 2.80 bits per heavy atom. The van der Waals surface area contributed by atoms with Crippen molar-refractivity contribution in [1.82, 2.24) is 9.55 Å². The summed E-state index contributed by atoms with van der Waals surface area (Å²) >= 11 is 1.27. The number of hydrogen-bond donors (Lipinski definition) is 1. The number of fused-ring (bicyclic) bond motifs is 1. The number of rotatable bonds is 2. The summed E-state index contributed by atoms with van der Waals surface area (Å²) in [7, 11) is 0. The average molecular weight is 300 g/mol. The highest BCUT2D eigenvalue weighted by Gasteiger charge is 2.36. The molecular formula is C13H11F3N2OS. The minimum atomic E-state index is -4.36. The maximum absolute atomic E-state index is 12.7. The fourth-order valence-electron chi connectivity index (χ4n) is 2.22. The summed E-state index contributed by atoms with van der Waals surface area (Å²) in [6.45, 7) is 0.502. The number of benzene rings is 1. The number of thioether (sulfide) groups is 1. The predicted molar refractivity (Wildman–Crippen MR) is 68.3 cm³/mol. The lowest BCUT2D eigenvalue weighted by Gasteiger charge is -2.14. The highest BCUT2D eigenvalue weighted by molar-refractivity contribution is 8.00. The highest BCUT2D eigenvalue weighted by Crippen LogP contribution is 2.46. The summed E-state index contributed by atoms with van der Waals surface area (Å²) < 4.78 is 39.8. The fraction of sp³-hybridized carbons (Fsp3) is 0.308. The quantitative estimate of drug-likeness (QED) is 0.926. The zero-order valence-electron chi connectivity index (χ0n) is 10.2. The minimum absolute atomic E-state index is 0.206. The molecule has 2 atom stereocenters. The molecule has 7 heteroatoms. The van der Waals surface area contributed by atoms with Gasteiger partial charge in [-0.25, -0.2) is 4.98 Å². The van der Waals surface area contributed by atoms with Crippen LogP contribution < -0.4 is 0 Å². The van der Waals surface area contributed by atoms with Gasteiger partial charge in [-0.3, -0.25) is 0 Å². The molecule has 20 heavy (non-hydrogen) atoms. The molecule has 1 N–H and O–H groups in total. The second-order valence-corrected chi connectivity index (χ2v) is 5.89. The number of nitrogens with zero attached hydrogens (tertiary/aromatic N) is 2. The van der Waals surface area contributed by atoms with Crippen molar-refractivity contribution >= 4 is 11.8 Å². The number of aliphatic hydroxyl groups excluding tert-OH is 1. The molecule has 1 aromatic carbocycles. The van der Waals surface area contributed by atoms with E-state index < -0.39 is 17.8 Å². The number of imidazole rings is 1. The van der Waals surface area contributed by atoms with Gasteiger partial charge in [0.2, 0.25) is 0 Å². The van der Waals surface area contributed by atoms with E-state index in [1.54, 1.807) is 23.3 Å². The van der Waals surface area contributed by atoms with Gasteiger partial charge in [0.1, 0.15) is 0 Å². The molecule has 0 saturated heterocycles. The molecule has 0 bridgehead atoms. The van der Waals surface area contributed by atoms with E-state index >= 15 is 0 Å². The third-order valence-electron chi connectivity index (χ3n) is 3.24. The first kappa shape index (κ1) is 13.5. The van der Waals surface area contributed by atoms with Gasteiger partial charge in [-0.15, -0.1) is 11.8 Å². The van der Waals surface area contributed by atoms with E-state index in [4.69, 9.17) is 0 Å². The monoisotopic (exact) mass is 300 g/mol. The molecule has 3 rings (SSSR count). The zero-order chi connectivity index (χ0) is 14.3. The average Bonchev–Trinajstić information content (AvgIpc) is 2.98. The molecule has 2 heterocycles. The number of hydrogen-bond acceptors (Lipinski definition) is 3. The van der Waals surface area contributed by atoms with Crippen molar-refractivity contribution < 1.29 is 18.3 Å². The topological polar surface area (TPSA) is 38.0 Å². The van der Waals surface area contributed by atoms with Gasteiger partial charge >= 0.3 is 6.18 Å². The Balaban J connectivity index is 1.84. The Morgan fingerprint density at radius 1 is 1.35 bits per heavy atom. The lowest BCUT2D eigenvalue weighted by Crippen LogP contribution is -2.16. The smallest absolute Gasteiger partial charge is 0.387 e. The van der Waals surface area contributed by atoms with Gasteiger partial charge in [0, 0.05) is 23.8 Å². The van der Waals surface area contributed by atoms with Crippen LogP contribution in [0.5, 0.6) is 0 Å². The van der Waals surface area contributed by atoms with Gasteiger partial charge in [-0.1, -0.05) is 6.07 Å². The fourth-order valence-corrected chi connectivity index (χ4v) is 3.59. The summed E-state index contributed by atoms with van der Waals surface area (Å²) in [5, 5.41) is 9.99. The molecule has 2 aromatic rings. The Bertz CT molecular complexity index is 613. The minimum Gasteiger partial charge on any atom is -0.387 e. The van der Waals surface area contributed by atoms with E-state index in [-0.39, 0.29) is 5.25 Å². The number of aliphatic hydroxyl groups is 1. The van der Waals surface area contributed by atoms with Crippen LogP contribution >= 0.6 is 11.8 Å². The SMILES string of the molecule is O[C@H]1c2ccc(C(F)(F)F)cc2S[C@H]1Cn1ccnc1. The molecule has 0 spiro atoms. The Hall–Kier alpha value is -1.47. The second kappa shape index (κ2) is 4.82. The maximum Gasteiger partial charge on any atom is 0.416 e. The summed E-state index contributed by atoms with van der Waals surface area (Å²) in [6, 6.07) is 3.49. The van der Waals surface area contributed by atoms with Crippen molar-refractivity contribution in [1.29, 1.82) is 0 Å². The van der Waals surface area contributed by atoms with Gasteiger partial charge in [0.15, 0.2) is 0 Å². The van der Waals surface area contributed by atoms with Crippen LogP contribution in [0.2, 0.25) is 0 Å². The van der Waals surface area contributed by atoms with E-state index in [1.807, 2.05) is 0 Å². The maximum atomic E-state index is 12.7. The van der Waals surface area contributed by atoms with Crippen molar-refractivity contribution in [3.8, 4) is 0 Å². The van der Waals surface area contributed by atoms with Gasteiger partial charge in [-0.2, -0.15) is 13.2 Å². The van der Waals surface area contributed by atoms with Crippen molar-refractivity contribution in [3.05, 3.63) is 48.0 Å². The Morgan fingerprint density at radius 2 is 2.15 bits per heavy atom. The van der Waals surface area contributed by atoms with E-state index in [1.165, 1.54) is 17.8 Å². The number of halogens is 3. The molecule has 1 aliphatic rings. The summed E-state index contributed by atoms with van der Waals surface area (Å²) in [5.41, 5.74) is -0.118. The summed E-state index contributed by atoms with van der Waals surface area (Å²) in [6.07, 6.45) is -0.113. The standard InChI is InChI=1S/C13H11F3N2OS/c14-13(15,16)8-1-2-9-10(5-8)20-11(12(9)19)6-18-4-3-17-7-18/h1-5,7,11-12,19H,6H2/t11-,12-/m0/s1. The molecule has 0 fully saturated rings. The van der Waals surface area contributed by atoms with E-state index in [9.17, 15) is 18.3 Å². The molecule has 0 radical (unpaired) electrons. The molecule has 0 unspecified atom stereocenters. The van der Waals surface area contributed by atoms with Crippen LogP contribution in [0.3, 0.4) is 0 Å². The van der Waals surface area contributed by atoms with E-state index in [2.05, 4.69) is 4.98 Å². The number of alkyl halides is 3. The molecular weight excluding hydrogens is 289 g/mol. The van der Waals surface area contributed by atoms with Crippen molar-refractivity contribution in [3.63, 3.8) is 0 Å². The van der Waals surface area contributed by atoms with Gasteiger partial charge in [0.25, 0.3) is 0 Å². The van der Waals surface area contributed by atoms with Gasteiger partial charge in [-0.05, 0) is 17.7 Å². The number of aromatic nitrogens is 2. The third kappa shape index (κ3) is 2.43. The molecule has 1 aliphatic heterocycles. The Labute approximate surface area is 117 Å². The van der Waals surface area contributed by atoms with Crippen LogP contribution in [0.1, 0.15) is 17.2 Å². The van der Waals surface area contributed by atoms with Crippen LogP contribution in [-0.2, 0) is 12.7 Å². The lowest BCUT2D eigenvalue weighted by molar-refractivity contribution is -0.137. The van der Waals surface area contributed by atoms with Crippen LogP contribution in [0.4, 0.5) is 13.2 Å². The van der Waals surface area contributed by atoms with Crippen molar-refractivity contribution in [2.24, 2.45) is 0 Å². The first-order valence-electron chi connectivity index (χ1n) is 5.97. The van der Waals surface area contributed by atoms with Crippen molar-refractivity contribution in [2.45, 2.75) is 29.0 Å². The van der Waals surface area contributed by atoms with E-state index in [0.717, 1.165) is 12.1 Å². The molecule has 106 valence electrons. The van der Waals surface area contributed by atoms with E-state index in [0.29, 0.717) is 17.0 Å². The third-order valence-corrected chi connectivity index (χ3v) is 4.56. The van der Waals surface area contributed by atoms with Gasteiger partial charge < -0.3 is 9.67 Å². The normalized spacial score (nSPS) is 22.0. The lowest BCUT2D eigenvalue weighted by atomic mass is 10.0. The first-order chi connectivity index (χ1) is 9.45. The molecule has 3 nitrogen and oxygen atoms in total. The Kier molecular flexibility index (Phi) is 3.25.